The van der Waals surface area contributed by atoms with Gasteiger partial charge >= 0.3 is 0 Å². The maximum atomic E-state index is 4.21. The minimum absolute atomic E-state index is 0.790. The second-order valence-corrected chi connectivity index (χ2v) is 3.71. The molecule has 0 spiro atoms. The number of hydrogen-bond acceptors (Lipinski definition) is 2. The van der Waals surface area contributed by atoms with E-state index in [0.717, 1.165) is 19.1 Å². The second-order valence-electron chi connectivity index (χ2n) is 3.71. The predicted octanol–water partition coefficient (Wildman–Crippen LogP) is 1.67. The van der Waals surface area contributed by atoms with E-state index in [1.165, 1.54) is 18.4 Å². The Kier molecular flexibility index (Phi) is 2.99. The van der Waals surface area contributed by atoms with E-state index in [-0.39, 0.29) is 0 Å². The zero-order valence-corrected chi connectivity index (χ0v) is 8.61. The van der Waals surface area contributed by atoms with E-state index in [9.17, 15) is 0 Å². The van der Waals surface area contributed by atoms with E-state index in [4.69, 9.17) is 0 Å². The van der Waals surface area contributed by atoms with Crippen LogP contribution in [0.2, 0.25) is 0 Å². The van der Waals surface area contributed by atoms with Gasteiger partial charge in [0.15, 0.2) is 0 Å². The van der Waals surface area contributed by atoms with Crippen LogP contribution in [0.4, 0.5) is 0 Å². The highest BCUT2D eigenvalue weighted by molar-refractivity contribution is 5.46. The van der Waals surface area contributed by atoms with Gasteiger partial charge in [0, 0.05) is 30.9 Å². The van der Waals surface area contributed by atoms with E-state index in [2.05, 4.69) is 35.7 Å². The molecule has 0 radical (unpaired) electrons. The fourth-order valence-electron chi connectivity index (χ4n) is 1.36. The molecular formula is C11H17N3. The van der Waals surface area contributed by atoms with E-state index in [1.54, 1.807) is 0 Å². The molecule has 1 aromatic rings. The van der Waals surface area contributed by atoms with Crippen molar-refractivity contribution in [2.45, 2.75) is 32.4 Å². The van der Waals surface area contributed by atoms with Gasteiger partial charge in [-0.15, -0.1) is 0 Å². The lowest BCUT2D eigenvalue weighted by atomic mass is 10.3. The SMILES string of the molecule is CCn1cc(/C=C/CNC2CC2)cn1. The van der Waals surface area contributed by atoms with Crippen LogP contribution in [-0.2, 0) is 6.54 Å². The Morgan fingerprint density at radius 1 is 1.64 bits per heavy atom. The number of nitrogens with one attached hydrogen (secondary N) is 1. The Bertz CT molecular complexity index is 310. The standard InChI is InChI=1S/C11H17N3/c1-2-14-9-10(8-13-14)4-3-7-12-11-5-6-11/h3-4,8-9,11-12H,2,5-7H2,1H3/b4-3+. The third-order valence-electron chi connectivity index (χ3n) is 2.39. The molecule has 76 valence electrons. The molecule has 1 heterocycles. The van der Waals surface area contributed by atoms with Crippen LogP contribution in [0, 0.1) is 0 Å². The average molecular weight is 191 g/mol. The van der Waals surface area contributed by atoms with Crippen molar-refractivity contribution in [3.63, 3.8) is 0 Å². The quantitative estimate of drug-likeness (QED) is 0.767. The monoisotopic (exact) mass is 191 g/mol. The number of aryl methyl sites for hydroxylation is 1. The van der Waals surface area contributed by atoms with Crippen molar-refractivity contribution in [1.29, 1.82) is 0 Å². The number of nitrogens with zero attached hydrogens (tertiary/aromatic N) is 2. The molecule has 1 aliphatic carbocycles. The summed E-state index contributed by atoms with van der Waals surface area (Å²) < 4.78 is 1.94. The summed E-state index contributed by atoms with van der Waals surface area (Å²) in [5.74, 6) is 0. The first-order valence-electron chi connectivity index (χ1n) is 5.31. The Morgan fingerprint density at radius 2 is 2.50 bits per heavy atom. The molecule has 2 rings (SSSR count). The zero-order chi connectivity index (χ0) is 9.80. The summed E-state index contributed by atoms with van der Waals surface area (Å²) in [6.45, 7) is 4.01. The van der Waals surface area contributed by atoms with Crippen molar-refractivity contribution in [1.82, 2.24) is 15.1 Å². The number of hydrogen-bond donors (Lipinski definition) is 1. The van der Waals surface area contributed by atoms with Gasteiger partial charge in [-0.1, -0.05) is 12.2 Å². The van der Waals surface area contributed by atoms with Crippen LogP contribution < -0.4 is 5.32 Å². The highest BCUT2D eigenvalue weighted by Crippen LogP contribution is 2.18. The first-order chi connectivity index (χ1) is 6.88. The highest BCUT2D eigenvalue weighted by atomic mass is 15.3. The Morgan fingerprint density at radius 3 is 3.14 bits per heavy atom. The summed E-state index contributed by atoms with van der Waals surface area (Å²) >= 11 is 0. The Balaban J connectivity index is 1.76. The van der Waals surface area contributed by atoms with Gasteiger partial charge in [0.05, 0.1) is 6.20 Å². The van der Waals surface area contributed by atoms with Gasteiger partial charge in [0.1, 0.15) is 0 Å². The van der Waals surface area contributed by atoms with Crippen LogP contribution >= 0.6 is 0 Å². The van der Waals surface area contributed by atoms with Crippen molar-refractivity contribution in [3.05, 3.63) is 24.0 Å². The molecule has 0 aromatic carbocycles. The Hall–Kier alpha value is -1.09. The summed E-state index contributed by atoms with van der Waals surface area (Å²) in [7, 11) is 0. The second kappa shape index (κ2) is 4.42. The molecule has 1 saturated carbocycles. The van der Waals surface area contributed by atoms with E-state index in [0.29, 0.717) is 0 Å². The lowest BCUT2D eigenvalue weighted by Gasteiger charge is -1.94. The summed E-state index contributed by atoms with van der Waals surface area (Å²) in [5, 5.41) is 7.64. The van der Waals surface area contributed by atoms with Crippen molar-refractivity contribution in [2.75, 3.05) is 6.54 Å². The summed E-state index contributed by atoms with van der Waals surface area (Å²) in [6.07, 6.45) is 10.9. The van der Waals surface area contributed by atoms with E-state index < -0.39 is 0 Å². The molecule has 14 heavy (non-hydrogen) atoms. The Labute approximate surface area is 84.8 Å². The van der Waals surface area contributed by atoms with Crippen LogP contribution in [-0.4, -0.2) is 22.4 Å². The van der Waals surface area contributed by atoms with Gasteiger partial charge in [-0.3, -0.25) is 4.68 Å². The van der Waals surface area contributed by atoms with Gasteiger partial charge in [-0.2, -0.15) is 5.10 Å². The zero-order valence-electron chi connectivity index (χ0n) is 8.61. The van der Waals surface area contributed by atoms with Crippen molar-refractivity contribution >= 4 is 6.08 Å². The van der Waals surface area contributed by atoms with Crippen LogP contribution in [0.25, 0.3) is 6.08 Å². The minimum Gasteiger partial charge on any atom is -0.311 e. The molecule has 0 saturated heterocycles. The lowest BCUT2D eigenvalue weighted by molar-refractivity contribution is 0.660. The molecule has 0 bridgehead atoms. The van der Waals surface area contributed by atoms with Crippen molar-refractivity contribution in [2.24, 2.45) is 0 Å². The number of rotatable bonds is 5. The van der Waals surface area contributed by atoms with Crippen LogP contribution in [0.1, 0.15) is 25.3 Å². The minimum atomic E-state index is 0.790. The third kappa shape index (κ3) is 2.70. The van der Waals surface area contributed by atoms with Crippen LogP contribution in [0.15, 0.2) is 18.5 Å². The predicted molar refractivity (Wildman–Crippen MR) is 58.0 cm³/mol. The summed E-state index contributed by atoms with van der Waals surface area (Å²) in [5.41, 5.74) is 1.18. The van der Waals surface area contributed by atoms with Gasteiger partial charge in [0.2, 0.25) is 0 Å². The maximum Gasteiger partial charge on any atom is 0.0562 e. The van der Waals surface area contributed by atoms with Gasteiger partial charge < -0.3 is 5.32 Å². The van der Waals surface area contributed by atoms with Gasteiger partial charge in [-0.05, 0) is 19.8 Å². The van der Waals surface area contributed by atoms with E-state index >= 15 is 0 Å². The van der Waals surface area contributed by atoms with Crippen LogP contribution in [0.3, 0.4) is 0 Å². The van der Waals surface area contributed by atoms with Crippen LogP contribution in [0.5, 0.6) is 0 Å². The van der Waals surface area contributed by atoms with Crippen molar-refractivity contribution < 1.29 is 0 Å². The molecule has 3 nitrogen and oxygen atoms in total. The van der Waals surface area contributed by atoms with Gasteiger partial charge in [0.25, 0.3) is 0 Å². The molecule has 3 heteroatoms. The molecule has 0 amide bonds. The molecule has 1 aliphatic rings. The first kappa shape index (κ1) is 9.46. The van der Waals surface area contributed by atoms with E-state index in [1.807, 2.05) is 10.9 Å². The fourth-order valence-corrected chi connectivity index (χ4v) is 1.36. The molecule has 1 fully saturated rings. The molecule has 0 unspecified atom stereocenters. The molecule has 0 atom stereocenters. The smallest absolute Gasteiger partial charge is 0.0562 e. The topological polar surface area (TPSA) is 29.9 Å². The third-order valence-corrected chi connectivity index (χ3v) is 2.39. The average Bonchev–Trinajstić information content (AvgIpc) is 2.91. The maximum absolute atomic E-state index is 4.21. The highest BCUT2D eigenvalue weighted by Gasteiger charge is 2.18. The fraction of sp³-hybridized carbons (Fsp3) is 0.545. The van der Waals surface area contributed by atoms with Crippen molar-refractivity contribution in [3.8, 4) is 0 Å². The summed E-state index contributed by atoms with van der Waals surface area (Å²) in [4.78, 5) is 0. The lowest BCUT2D eigenvalue weighted by Crippen LogP contribution is -2.15. The summed E-state index contributed by atoms with van der Waals surface area (Å²) in [6, 6.07) is 0.790. The number of aromatic nitrogens is 2. The molecule has 0 aliphatic heterocycles. The molecular weight excluding hydrogens is 174 g/mol. The largest absolute Gasteiger partial charge is 0.311 e. The molecule has 1 aromatic heterocycles. The normalized spacial score (nSPS) is 16.6. The molecule has 1 N–H and O–H groups in total. The first-order valence-corrected chi connectivity index (χ1v) is 5.31. The van der Waals surface area contributed by atoms with Gasteiger partial charge in [-0.25, -0.2) is 0 Å².